The maximum Gasteiger partial charge on any atom is 0.165 e. The first kappa shape index (κ1) is 14.9. The van der Waals surface area contributed by atoms with Gasteiger partial charge in [0.15, 0.2) is 11.6 Å². The molecule has 0 aliphatic rings. The highest BCUT2D eigenvalue weighted by Crippen LogP contribution is 2.22. The maximum absolute atomic E-state index is 14.0. The van der Waals surface area contributed by atoms with E-state index in [0.29, 0.717) is 5.69 Å². The van der Waals surface area contributed by atoms with Gasteiger partial charge in [0.2, 0.25) is 0 Å². The summed E-state index contributed by atoms with van der Waals surface area (Å²) in [4.78, 5) is 3.87. The van der Waals surface area contributed by atoms with E-state index in [2.05, 4.69) is 10.3 Å². The first-order valence-corrected chi connectivity index (χ1v) is 6.58. The van der Waals surface area contributed by atoms with Crippen LogP contribution in [0.2, 0.25) is 0 Å². The van der Waals surface area contributed by atoms with Gasteiger partial charge in [-0.05, 0) is 49.4 Å². The van der Waals surface area contributed by atoms with Crippen molar-refractivity contribution in [3.8, 4) is 11.8 Å². The van der Waals surface area contributed by atoms with E-state index >= 15 is 0 Å². The van der Waals surface area contributed by atoms with Crippen molar-refractivity contribution >= 4 is 0 Å². The van der Waals surface area contributed by atoms with E-state index in [1.807, 2.05) is 26.1 Å². The number of hydrogen-bond acceptors (Lipinski definition) is 4. The van der Waals surface area contributed by atoms with Gasteiger partial charge >= 0.3 is 0 Å². The zero-order valence-corrected chi connectivity index (χ0v) is 11.9. The minimum absolute atomic E-state index is 0.0759. The van der Waals surface area contributed by atoms with Gasteiger partial charge in [-0.15, -0.1) is 0 Å². The van der Waals surface area contributed by atoms with Crippen molar-refractivity contribution in [2.24, 2.45) is 0 Å². The molecule has 0 saturated heterocycles. The number of ether oxygens (including phenoxy) is 1. The van der Waals surface area contributed by atoms with Gasteiger partial charge in [-0.2, -0.15) is 5.26 Å². The molecule has 1 aromatic carbocycles. The third-order valence-electron chi connectivity index (χ3n) is 3.22. The van der Waals surface area contributed by atoms with Crippen molar-refractivity contribution in [3.63, 3.8) is 0 Å². The van der Waals surface area contributed by atoms with Crippen LogP contribution in [0.15, 0.2) is 36.5 Å². The van der Waals surface area contributed by atoms with Crippen LogP contribution < -0.4 is 10.1 Å². The second kappa shape index (κ2) is 6.82. The van der Waals surface area contributed by atoms with E-state index in [1.54, 1.807) is 18.2 Å². The molecule has 1 unspecified atom stereocenters. The molecule has 4 nitrogen and oxygen atoms in total. The number of hydrogen-bond donors (Lipinski definition) is 1. The number of benzene rings is 1. The van der Waals surface area contributed by atoms with Crippen LogP contribution in [0.25, 0.3) is 0 Å². The Balaban J connectivity index is 2.08. The fourth-order valence-electron chi connectivity index (χ4n) is 1.86. The number of halogens is 1. The lowest BCUT2D eigenvalue weighted by molar-refractivity contribution is 0.290. The van der Waals surface area contributed by atoms with E-state index in [1.165, 1.54) is 12.3 Å². The summed E-state index contributed by atoms with van der Waals surface area (Å²) in [5.74, 6) is -0.207. The van der Waals surface area contributed by atoms with Crippen molar-refractivity contribution in [1.82, 2.24) is 10.3 Å². The molecule has 2 aromatic rings. The summed E-state index contributed by atoms with van der Waals surface area (Å²) in [6.07, 6.45) is 1.53. The average Bonchev–Trinajstić information content (AvgIpc) is 2.53. The monoisotopic (exact) mass is 285 g/mol. The smallest absolute Gasteiger partial charge is 0.165 e. The van der Waals surface area contributed by atoms with Crippen LogP contribution in [-0.4, -0.2) is 12.0 Å². The van der Waals surface area contributed by atoms with Gasteiger partial charge in [-0.3, -0.25) is 0 Å². The number of pyridine rings is 1. The lowest BCUT2D eigenvalue weighted by Crippen LogP contribution is -2.12. The molecule has 21 heavy (non-hydrogen) atoms. The highest BCUT2D eigenvalue weighted by atomic mass is 19.1. The van der Waals surface area contributed by atoms with Gasteiger partial charge in [0.1, 0.15) is 18.4 Å². The molecule has 1 N–H and O–H groups in total. The Kier molecular flexibility index (Phi) is 4.85. The number of nitrogens with zero attached hydrogens (tertiary/aromatic N) is 2. The summed E-state index contributed by atoms with van der Waals surface area (Å²) < 4.78 is 19.4. The van der Waals surface area contributed by atoms with Crippen molar-refractivity contribution in [1.29, 1.82) is 5.26 Å². The van der Waals surface area contributed by atoms with Crippen LogP contribution in [-0.2, 0) is 6.61 Å². The highest BCUT2D eigenvalue weighted by molar-refractivity contribution is 5.31. The fraction of sp³-hybridized carbons (Fsp3) is 0.250. The second-order valence-electron chi connectivity index (χ2n) is 4.65. The number of rotatable bonds is 5. The molecule has 0 aliphatic heterocycles. The van der Waals surface area contributed by atoms with Gasteiger partial charge in [-0.25, -0.2) is 9.37 Å². The molecule has 0 aliphatic carbocycles. The third-order valence-corrected chi connectivity index (χ3v) is 3.22. The van der Waals surface area contributed by atoms with Crippen LogP contribution in [0.3, 0.4) is 0 Å². The van der Waals surface area contributed by atoms with Crippen LogP contribution in [0.5, 0.6) is 5.75 Å². The van der Waals surface area contributed by atoms with Crippen LogP contribution >= 0.6 is 0 Å². The summed E-state index contributed by atoms with van der Waals surface area (Å²) in [5, 5.41) is 11.8. The summed E-state index contributed by atoms with van der Waals surface area (Å²) >= 11 is 0. The molecule has 108 valence electrons. The van der Waals surface area contributed by atoms with Crippen LogP contribution in [0, 0.1) is 17.1 Å². The zero-order valence-electron chi connectivity index (χ0n) is 11.9. The Morgan fingerprint density at radius 1 is 1.38 bits per heavy atom. The Bertz CT molecular complexity index is 667. The van der Waals surface area contributed by atoms with Crippen molar-refractivity contribution < 1.29 is 9.13 Å². The quantitative estimate of drug-likeness (QED) is 0.917. The van der Waals surface area contributed by atoms with Crippen LogP contribution in [0.4, 0.5) is 4.39 Å². The largest absolute Gasteiger partial charge is 0.486 e. The fourth-order valence-corrected chi connectivity index (χ4v) is 1.86. The predicted molar refractivity (Wildman–Crippen MR) is 77.2 cm³/mol. The van der Waals surface area contributed by atoms with E-state index in [4.69, 9.17) is 10.00 Å². The standard InChI is InChI=1S/C16H16FN3O/c1-11(19-2)13-3-4-16(15(17)8-13)21-10-12-5-6-20-14(7-12)9-18/h3-8,11,19H,10H2,1-2H3. The molecule has 0 spiro atoms. The number of aromatic nitrogens is 1. The molecule has 0 fully saturated rings. The Labute approximate surface area is 123 Å². The first-order chi connectivity index (χ1) is 10.1. The summed E-state index contributed by atoms with van der Waals surface area (Å²) in [7, 11) is 1.82. The van der Waals surface area contributed by atoms with Crippen LogP contribution in [0.1, 0.15) is 29.8 Å². The molecule has 0 amide bonds. The van der Waals surface area contributed by atoms with Gasteiger partial charge in [0, 0.05) is 12.2 Å². The molecular weight excluding hydrogens is 269 g/mol. The topological polar surface area (TPSA) is 57.9 Å². The maximum atomic E-state index is 14.0. The highest BCUT2D eigenvalue weighted by Gasteiger charge is 2.09. The average molecular weight is 285 g/mol. The SMILES string of the molecule is CNC(C)c1ccc(OCc2ccnc(C#N)c2)c(F)c1. The molecule has 0 bridgehead atoms. The minimum atomic E-state index is -0.399. The van der Waals surface area contributed by atoms with E-state index in [0.717, 1.165) is 11.1 Å². The predicted octanol–water partition coefficient (Wildman–Crippen LogP) is 2.95. The van der Waals surface area contributed by atoms with E-state index in [9.17, 15) is 4.39 Å². The van der Waals surface area contributed by atoms with Gasteiger partial charge in [0.05, 0.1) is 0 Å². The molecule has 2 rings (SSSR count). The van der Waals surface area contributed by atoms with Gasteiger partial charge < -0.3 is 10.1 Å². The number of nitrogens with one attached hydrogen (secondary N) is 1. The molecule has 0 radical (unpaired) electrons. The Hall–Kier alpha value is -2.45. The zero-order chi connectivity index (χ0) is 15.2. The summed E-state index contributed by atoms with van der Waals surface area (Å²) in [6, 6.07) is 10.3. The summed E-state index contributed by atoms with van der Waals surface area (Å²) in [6.45, 7) is 2.14. The number of nitriles is 1. The third kappa shape index (κ3) is 3.77. The van der Waals surface area contributed by atoms with Gasteiger partial charge in [-0.1, -0.05) is 6.07 Å². The Morgan fingerprint density at radius 2 is 2.19 bits per heavy atom. The molecule has 1 aromatic heterocycles. The van der Waals surface area contributed by atoms with Gasteiger partial charge in [0.25, 0.3) is 0 Å². The molecular formula is C16H16FN3O. The normalized spacial score (nSPS) is 11.7. The van der Waals surface area contributed by atoms with E-state index in [-0.39, 0.29) is 18.4 Å². The van der Waals surface area contributed by atoms with E-state index < -0.39 is 5.82 Å². The van der Waals surface area contributed by atoms with Crippen molar-refractivity contribution in [3.05, 3.63) is 59.2 Å². The molecule has 1 atom stereocenters. The lowest BCUT2D eigenvalue weighted by atomic mass is 10.1. The minimum Gasteiger partial charge on any atom is -0.486 e. The Morgan fingerprint density at radius 3 is 2.86 bits per heavy atom. The second-order valence-corrected chi connectivity index (χ2v) is 4.65. The first-order valence-electron chi connectivity index (χ1n) is 6.58. The molecule has 0 saturated carbocycles. The van der Waals surface area contributed by atoms with Crippen molar-refractivity contribution in [2.75, 3.05) is 7.05 Å². The lowest BCUT2D eigenvalue weighted by Gasteiger charge is -2.13. The summed E-state index contributed by atoms with van der Waals surface area (Å²) in [5.41, 5.74) is 1.95. The van der Waals surface area contributed by atoms with Crippen molar-refractivity contribution in [2.45, 2.75) is 19.6 Å². The molecule has 1 heterocycles. The molecule has 5 heteroatoms.